The number of aromatic nitrogens is 1. The number of urea groups is 1. The van der Waals surface area contributed by atoms with Crippen LogP contribution in [0, 0.1) is 13.8 Å². The molecule has 1 heterocycles. The molecule has 0 unspecified atom stereocenters. The Bertz CT molecular complexity index is 512. The summed E-state index contributed by atoms with van der Waals surface area (Å²) in [5, 5.41) is 11.6. The summed E-state index contributed by atoms with van der Waals surface area (Å²) in [4.78, 5) is 28.5. The molecule has 1 aromatic heterocycles. The number of nitrogens with one attached hydrogen (secondary N) is 1. The number of carboxylic acid groups (broad SMARTS) is 1. The van der Waals surface area contributed by atoms with Crippen LogP contribution in [0.25, 0.3) is 0 Å². The Morgan fingerprint density at radius 1 is 1.42 bits per heavy atom. The lowest BCUT2D eigenvalue weighted by Gasteiger charge is -2.21. The number of hydrogen-bond donors (Lipinski definition) is 2. The Morgan fingerprint density at radius 3 is 2.63 bits per heavy atom. The molecule has 19 heavy (non-hydrogen) atoms. The summed E-state index contributed by atoms with van der Waals surface area (Å²) in [5.74, 6) is -0.999. The molecule has 0 saturated heterocycles. The molecule has 6 heteroatoms. The lowest BCUT2D eigenvalue weighted by atomic mass is 10.3. The van der Waals surface area contributed by atoms with Gasteiger partial charge in [0, 0.05) is 11.7 Å². The largest absolute Gasteiger partial charge is 0.480 e. The molecule has 2 N–H and O–H groups in total. The quantitative estimate of drug-likeness (QED) is 0.867. The number of nitrogens with zero attached hydrogens (tertiary/aromatic N) is 2. The van der Waals surface area contributed by atoms with Crippen molar-refractivity contribution in [2.24, 2.45) is 0 Å². The van der Waals surface area contributed by atoms with Gasteiger partial charge in [-0.15, -0.1) is 0 Å². The fourth-order valence-electron chi connectivity index (χ4n) is 1.90. The molecule has 1 aliphatic carbocycles. The van der Waals surface area contributed by atoms with Gasteiger partial charge in [-0.2, -0.15) is 0 Å². The van der Waals surface area contributed by atoms with Crippen molar-refractivity contribution in [3.63, 3.8) is 0 Å². The van der Waals surface area contributed by atoms with Gasteiger partial charge in [0.25, 0.3) is 0 Å². The van der Waals surface area contributed by atoms with Gasteiger partial charge in [-0.3, -0.25) is 9.78 Å². The Morgan fingerprint density at radius 2 is 2.11 bits per heavy atom. The Hall–Kier alpha value is -2.11. The number of hydrogen-bond acceptors (Lipinski definition) is 3. The van der Waals surface area contributed by atoms with Crippen LogP contribution in [-0.2, 0) is 4.79 Å². The summed E-state index contributed by atoms with van der Waals surface area (Å²) in [5.41, 5.74) is 2.21. The molecule has 1 aromatic rings. The van der Waals surface area contributed by atoms with E-state index in [0.717, 1.165) is 24.2 Å². The maximum Gasteiger partial charge on any atom is 0.323 e. The summed E-state index contributed by atoms with van der Waals surface area (Å²) < 4.78 is 0. The van der Waals surface area contributed by atoms with Crippen LogP contribution < -0.4 is 5.32 Å². The maximum absolute atomic E-state index is 12.1. The SMILES string of the molecule is Cc1ccc(NC(=O)N(CC(=O)O)C2CC2)c(C)n1. The molecule has 102 valence electrons. The molecule has 0 aromatic carbocycles. The van der Waals surface area contributed by atoms with Gasteiger partial charge in [0.2, 0.25) is 0 Å². The molecule has 1 aliphatic rings. The van der Waals surface area contributed by atoms with Crippen LogP contribution >= 0.6 is 0 Å². The van der Waals surface area contributed by atoms with Crippen LogP contribution in [0.1, 0.15) is 24.2 Å². The van der Waals surface area contributed by atoms with Crippen LogP contribution in [-0.4, -0.2) is 39.6 Å². The number of rotatable bonds is 4. The smallest absolute Gasteiger partial charge is 0.323 e. The number of pyridine rings is 1. The van der Waals surface area contributed by atoms with E-state index in [9.17, 15) is 9.59 Å². The molecule has 1 saturated carbocycles. The molecule has 0 aliphatic heterocycles. The molecule has 0 spiro atoms. The van der Waals surface area contributed by atoms with Crippen molar-refractivity contribution in [2.75, 3.05) is 11.9 Å². The van der Waals surface area contributed by atoms with E-state index in [-0.39, 0.29) is 18.6 Å². The number of carboxylic acids is 1. The first kappa shape index (κ1) is 13.3. The number of carbonyl (C=O) groups excluding carboxylic acids is 1. The summed E-state index contributed by atoms with van der Waals surface area (Å²) in [6.45, 7) is 3.41. The second kappa shape index (κ2) is 5.26. The molecule has 0 radical (unpaired) electrons. The van der Waals surface area contributed by atoms with Crippen molar-refractivity contribution in [1.82, 2.24) is 9.88 Å². The summed E-state index contributed by atoms with van der Waals surface area (Å²) in [6.07, 6.45) is 1.73. The molecule has 6 nitrogen and oxygen atoms in total. The van der Waals surface area contributed by atoms with Gasteiger partial charge in [-0.25, -0.2) is 4.79 Å². The third-order valence-corrected chi connectivity index (χ3v) is 3.02. The molecule has 2 amide bonds. The van der Waals surface area contributed by atoms with Gasteiger partial charge in [-0.05, 0) is 38.8 Å². The fourth-order valence-corrected chi connectivity index (χ4v) is 1.90. The molecule has 0 bridgehead atoms. The van der Waals surface area contributed by atoms with Crippen molar-refractivity contribution in [3.05, 3.63) is 23.5 Å². The van der Waals surface area contributed by atoms with E-state index in [1.807, 2.05) is 6.92 Å². The highest BCUT2D eigenvalue weighted by atomic mass is 16.4. The van der Waals surface area contributed by atoms with Crippen molar-refractivity contribution in [1.29, 1.82) is 0 Å². The molecular formula is C13H17N3O3. The van der Waals surface area contributed by atoms with E-state index < -0.39 is 5.97 Å². The van der Waals surface area contributed by atoms with Crippen molar-refractivity contribution in [3.8, 4) is 0 Å². The number of carbonyl (C=O) groups is 2. The minimum absolute atomic E-state index is 0.0508. The Labute approximate surface area is 111 Å². The van der Waals surface area contributed by atoms with Crippen molar-refractivity contribution < 1.29 is 14.7 Å². The molecule has 1 fully saturated rings. The highest BCUT2D eigenvalue weighted by Crippen LogP contribution is 2.27. The van der Waals surface area contributed by atoms with Crippen LogP contribution in [0.15, 0.2) is 12.1 Å². The molecular weight excluding hydrogens is 246 g/mol. The van der Waals surface area contributed by atoms with Gasteiger partial charge in [0.05, 0.1) is 11.4 Å². The van der Waals surface area contributed by atoms with E-state index >= 15 is 0 Å². The highest BCUT2D eigenvalue weighted by molar-refractivity contribution is 5.92. The second-order valence-corrected chi connectivity index (χ2v) is 4.77. The first-order valence-electron chi connectivity index (χ1n) is 6.21. The van der Waals surface area contributed by atoms with Gasteiger partial charge in [-0.1, -0.05) is 0 Å². The van der Waals surface area contributed by atoms with E-state index in [0.29, 0.717) is 5.69 Å². The average molecular weight is 263 g/mol. The maximum atomic E-state index is 12.1. The average Bonchev–Trinajstić information content (AvgIpc) is 3.13. The standard InChI is InChI=1S/C13H17N3O3/c1-8-3-6-11(9(2)14-8)15-13(19)16(7-12(17)18)10-4-5-10/h3,6,10H,4-5,7H2,1-2H3,(H,15,19)(H,17,18). The summed E-state index contributed by atoms with van der Waals surface area (Å²) in [7, 11) is 0. The lowest BCUT2D eigenvalue weighted by molar-refractivity contribution is -0.137. The molecule has 2 rings (SSSR count). The zero-order valence-corrected chi connectivity index (χ0v) is 11.0. The normalized spacial score (nSPS) is 14.0. The van der Waals surface area contributed by atoms with Gasteiger partial charge in [0.1, 0.15) is 6.54 Å². The van der Waals surface area contributed by atoms with Gasteiger partial charge in [0.15, 0.2) is 0 Å². The molecule has 0 atom stereocenters. The van der Waals surface area contributed by atoms with Crippen LogP contribution in [0.5, 0.6) is 0 Å². The highest BCUT2D eigenvalue weighted by Gasteiger charge is 2.34. The topological polar surface area (TPSA) is 82.5 Å². The van der Waals surface area contributed by atoms with E-state index in [1.54, 1.807) is 19.1 Å². The monoisotopic (exact) mass is 263 g/mol. The number of amides is 2. The lowest BCUT2D eigenvalue weighted by Crippen LogP contribution is -2.40. The van der Waals surface area contributed by atoms with E-state index in [1.165, 1.54) is 4.90 Å². The second-order valence-electron chi connectivity index (χ2n) is 4.77. The fraction of sp³-hybridized carbons (Fsp3) is 0.462. The first-order chi connectivity index (χ1) is 8.97. The third kappa shape index (κ3) is 3.43. The number of aliphatic carboxylic acids is 1. The summed E-state index contributed by atoms with van der Waals surface area (Å²) in [6, 6.07) is 3.26. The van der Waals surface area contributed by atoms with E-state index in [2.05, 4.69) is 10.3 Å². The number of aryl methyl sites for hydroxylation is 2. The van der Waals surface area contributed by atoms with Crippen LogP contribution in [0.2, 0.25) is 0 Å². The Balaban J connectivity index is 2.07. The van der Waals surface area contributed by atoms with Gasteiger partial charge >= 0.3 is 12.0 Å². The van der Waals surface area contributed by atoms with Crippen LogP contribution in [0.4, 0.5) is 10.5 Å². The minimum Gasteiger partial charge on any atom is -0.480 e. The minimum atomic E-state index is -0.999. The van der Waals surface area contributed by atoms with Crippen molar-refractivity contribution >= 4 is 17.7 Å². The zero-order valence-electron chi connectivity index (χ0n) is 11.0. The van der Waals surface area contributed by atoms with Crippen LogP contribution in [0.3, 0.4) is 0 Å². The Kier molecular flexibility index (Phi) is 3.69. The predicted molar refractivity (Wildman–Crippen MR) is 70.1 cm³/mol. The van der Waals surface area contributed by atoms with Gasteiger partial charge < -0.3 is 15.3 Å². The summed E-state index contributed by atoms with van der Waals surface area (Å²) >= 11 is 0. The predicted octanol–water partition coefficient (Wildman–Crippen LogP) is 1.78. The van der Waals surface area contributed by atoms with Crippen molar-refractivity contribution in [2.45, 2.75) is 32.7 Å². The first-order valence-corrected chi connectivity index (χ1v) is 6.21. The zero-order chi connectivity index (χ0) is 14.0. The van der Waals surface area contributed by atoms with E-state index in [4.69, 9.17) is 5.11 Å². The number of anilines is 1. The third-order valence-electron chi connectivity index (χ3n) is 3.02.